The summed E-state index contributed by atoms with van der Waals surface area (Å²) in [5, 5.41) is 3.08. The standard InChI is InChI=1S/C9H13IN4O/c1-9(2,8(11)15)4-13-7-6(10)3-12-5-14-7/h3,5H,4H2,1-2H3,(H2,11,15)(H,12,13,14). The number of nitrogens with zero attached hydrogens (tertiary/aromatic N) is 2. The fourth-order valence-corrected chi connectivity index (χ4v) is 1.33. The zero-order valence-corrected chi connectivity index (χ0v) is 10.8. The van der Waals surface area contributed by atoms with E-state index in [9.17, 15) is 4.79 Å². The fraction of sp³-hybridized carbons (Fsp3) is 0.444. The smallest absolute Gasteiger partial charge is 0.224 e. The predicted molar refractivity (Wildman–Crippen MR) is 66.2 cm³/mol. The Morgan fingerprint density at radius 3 is 2.87 bits per heavy atom. The van der Waals surface area contributed by atoms with Crippen molar-refractivity contribution >= 4 is 34.3 Å². The van der Waals surface area contributed by atoms with E-state index in [0.717, 1.165) is 9.39 Å². The molecule has 0 aromatic carbocycles. The monoisotopic (exact) mass is 320 g/mol. The first-order chi connectivity index (χ1) is 6.93. The van der Waals surface area contributed by atoms with Gasteiger partial charge in [-0.1, -0.05) is 0 Å². The maximum absolute atomic E-state index is 11.1. The second-order valence-electron chi connectivity index (χ2n) is 3.82. The highest BCUT2D eigenvalue weighted by Crippen LogP contribution is 2.17. The molecule has 0 aliphatic heterocycles. The van der Waals surface area contributed by atoms with Gasteiger partial charge < -0.3 is 11.1 Å². The second-order valence-corrected chi connectivity index (χ2v) is 4.98. The molecule has 1 heterocycles. The topological polar surface area (TPSA) is 80.9 Å². The normalized spacial score (nSPS) is 11.1. The van der Waals surface area contributed by atoms with Crippen LogP contribution in [0.1, 0.15) is 13.8 Å². The van der Waals surface area contributed by atoms with Gasteiger partial charge in [0.05, 0.1) is 8.99 Å². The Hall–Kier alpha value is -0.920. The lowest BCUT2D eigenvalue weighted by Crippen LogP contribution is -2.37. The molecule has 0 aliphatic rings. The molecule has 0 aliphatic carbocycles. The molecule has 6 heteroatoms. The summed E-state index contributed by atoms with van der Waals surface area (Å²) in [4.78, 5) is 19.0. The summed E-state index contributed by atoms with van der Waals surface area (Å²) in [5.41, 5.74) is 4.67. The van der Waals surface area contributed by atoms with Crippen LogP contribution in [-0.2, 0) is 4.79 Å². The number of primary amides is 1. The van der Waals surface area contributed by atoms with Crippen molar-refractivity contribution in [1.82, 2.24) is 9.97 Å². The second kappa shape index (κ2) is 4.73. The van der Waals surface area contributed by atoms with Crippen LogP contribution in [0.2, 0.25) is 0 Å². The van der Waals surface area contributed by atoms with Crippen molar-refractivity contribution in [2.24, 2.45) is 11.1 Å². The highest BCUT2D eigenvalue weighted by atomic mass is 127. The molecule has 1 rings (SSSR count). The van der Waals surface area contributed by atoms with Crippen LogP contribution >= 0.6 is 22.6 Å². The molecule has 15 heavy (non-hydrogen) atoms. The lowest BCUT2D eigenvalue weighted by Gasteiger charge is -2.21. The number of aromatic nitrogens is 2. The van der Waals surface area contributed by atoms with Crippen molar-refractivity contribution < 1.29 is 4.79 Å². The number of nitrogens with two attached hydrogens (primary N) is 1. The van der Waals surface area contributed by atoms with Crippen molar-refractivity contribution in [2.75, 3.05) is 11.9 Å². The molecular weight excluding hydrogens is 307 g/mol. The average Bonchev–Trinajstić information content (AvgIpc) is 2.16. The highest BCUT2D eigenvalue weighted by Gasteiger charge is 2.24. The summed E-state index contributed by atoms with van der Waals surface area (Å²) >= 11 is 2.13. The summed E-state index contributed by atoms with van der Waals surface area (Å²) in [5.74, 6) is 0.388. The van der Waals surface area contributed by atoms with E-state index in [1.54, 1.807) is 20.0 Å². The summed E-state index contributed by atoms with van der Waals surface area (Å²) in [6, 6.07) is 0. The first-order valence-electron chi connectivity index (χ1n) is 4.43. The number of amides is 1. The lowest BCUT2D eigenvalue weighted by atomic mass is 9.93. The number of nitrogens with one attached hydrogen (secondary N) is 1. The van der Waals surface area contributed by atoms with Crippen LogP contribution in [0.5, 0.6) is 0 Å². The van der Waals surface area contributed by atoms with E-state index in [1.807, 2.05) is 0 Å². The summed E-state index contributed by atoms with van der Waals surface area (Å²) in [6.07, 6.45) is 3.16. The maximum Gasteiger partial charge on any atom is 0.224 e. The van der Waals surface area contributed by atoms with Crippen molar-refractivity contribution in [3.05, 3.63) is 16.1 Å². The molecular formula is C9H13IN4O. The van der Waals surface area contributed by atoms with Gasteiger partial charge in [-0.2, -0.15) is 0 Å². The van der Waals surface area contributed by atoms with Crippen LogP contribution in [0.15, 0.2) is 12.5 Å². The molecule has 0 bridgehead atoms. The van der Waals surface area contributed by atoms with Crippen LogP contribution < -0.4 is 11.1 Å². The van der Waals surface area contributed by atoms with Crippen LogP contribution in [0.4, 0.5) is 5.82 Å². The van der Waals surface area contributed by atoms with Crippen molar-refractivity contribution in [2.45, 2.75) is 13.8 Å². The SMILES string of the molecule is CC(C)(CNc1ncncc1I)C(N)=O. The summed E-state index contributed by atoms with van der Waals surface area (Å²) in [7, 11) is 0. The van der Waals surface area contributed by atoms with Crippen molar-refractivity contribution in [3.63, 3.8) is 0 Å². The Balaban J connectivity index is 2.66. The van der Waals surface area contributed by atoms with Crippen LogP contribution in [0.25, 0.3) is 0 Å². The van der Waals surface area contributed by atoms with Crippen LogP contribution in [-0.4, -0.2) is 22.4 Å². The third-order valence-electron chi connectivity index (χ3n) is 2.03. The molecule has 0 unspecified atom stereocenters. The third-order valence-corrected chi connectivity index (χ3v) is 2.82. The van der Waals surface area contributed by atoms with E-state index in [1.165, 1.54) is 6.33 Å². The number of hydrogen-bond acceptors (Lipinski definition) is 4. The molecule has 0 atom stereocenters. The lowest BCUT2D eigenvalue weighted by molar-refractivity contribution is -0.125. The van der Waals surface area contributed by atoms with Gasteiger partial charge in [-0.05, 0) is 36.4 Å². The number of anilines is 1. The maximum atomic E-state index is 11.1. The van der Waals surface area contributed by atoms with Crippen LogP contribution in [0, 0.1) is 8.99 Å². The molecule has 1 aromatic rings. The molecule has 0 saturated carbocycles. The van der Waals surface area contributed by atoms with Gasteiger partial charge in [0.1, 0.15) is 12.1 Å². The van der Waals surface area contributed by atoms with E-state index in [4.69, 9.17) is 5.73 Å². The number of hydrogen-bond donors (Lipinski definition) is 2. The van der Waals surface area contributed by atoms with Gasteiger partial charge in [-0.15, -0.1) is 0 Å². The molecule has 0 spiro atoms. The Labute approximate surface area is 102 Å². The van der Waals surface area contributed by atoms with E-state index in [0.29, 0.717) is 6.54 Å². The summed E-state index contributed by atoms with van der Waals surface area (Å²) < 4.78 is 0.912. The van der Waals surface area contributed by atoms with E-state index in [-0.39, 0.29) is 5.91 Å². The largest absolute Gasteiger partial charge is 0.369 e. The molecule has 5 nitrogen and oxygen atoms in total. The Kier molecular flexibility index (Phi) is 3.83. The van der Waals surface area contributed by atoms with E-state index < -0.39 is 5.41 Å². The van der Waals surface area contributed by atoms with Gasteiger partial charge >= 0.3 is 0 Å². The Bertz CT molecular complexity index is 367. The van der Waals surface area contributed by atoms with Crippen LogP contribution in [0.3, 0.4) is 0 Å². The molecule has 1 aromatic heterocycles. The first kappa shape index (κ1) is 12.2. The fourth-order valence-electron chi connectivity index (χ4n) is 0.835. The van der Waals surface area contributed by atoms with Crippen molar-refractivity contribution in [3.8, 4) is 0 Å². The van der Waals surface area contributed by atoms with Gasteiger partial charge in [0.15, 0.2) is 0 Å². The Morgan fingerprint density at radius 1 is 1.67 bits per heavy atom. The highest BCUT2D eigenvalue weighted by molar-refractivity contribution is 14.1. The quantitative estimate of drug-likeness (QED) is 0.811. The van der Waals surface area contributed by atoms with Crippen molar-refractivity contribution in [1.29, 1.82) is 0 Å². The minimum absolute atomic E-state index is 0.334. The van der Waals surface area contributed by atoms with Gasteiger partial charge in [0, 0.05) is 12.7 Å². The Morgan fingerprint density at radius 2 is 2.33 bits per heavy atom. The molecule has 0 saturated heterocycles. The van der Waals surface area contributed by atoms with Gasteiger partial charge in [0.25, 0.3) is 0 Å². The number of rotatable bonds is 4. The minimum atomic E-state index is -0.589. The molecule has 82 valence electrons. The minimum Gasteiger partial charge on any atom is -0.369 e. The third kappa shape index (κ3) is 3.29. The predicted octanol–water partition coefficient (Wildman–Crippen LogP) is 1.00. The number of halogens is 1. The zero-order valence-electron chi connectivity index (χ0n) is 8.62. The number of carbonyl (C=O) groups is 1. The van der Waals surface area contributed by atoms with E-state index in [2.05, 4.69) is 37.9 Å². The number of carbonyl (C=O) groups excluding carboxylic acids is 1. The molecule has 3 N–H and O–H groups in total. The van der Waals surface area contributed by atoms with Gasteiger partial charge in [0.2, 0.25) is 5.91 Å². The van der Waals surface area contributed by atoms with Gasteiger partial charge in [-0.3, -0.25) is 4.79 Å². The van der Waals surface area contributed by atoms with E-state index >= 15 is 0 Å². The summed E-state index contributed by atoms with van der Waals surface area (Å²) in [6.45, 7) is 4.03. The first-order valence-corrected chi connectivity index (χ1v) is 5.50. The zero-order chi connectivity index (χ0) is 11.5. The molecule has 1 amide bonds. The average molecular weight is 320 g/mol. The van der Waals surface area contributed by atoms with Gasteiger partial charge in [-0.25, -0.2) is 9.97 Å². The molecule has 0 radical (unpaired) electrons. The molecule has 0 fully saturated rings.